The number of amides is 1. The minimum Gasteiger partial charge on any atom is -0.494 e. The Bertz CT molecular complexity index is 1080. The quantitative estimate of drug-likeness (QED) is 0.413. The summed E-state index contributed by atoms with van der Waals surface area (Å²) in [5.41, 5.74) is -0.548. The van der Waals surface area contributed by atoms with Gasteiger partial charge < -0.3 is 20.1 Å². The van der Waals surface area contributed by atoms with Crippen molar-refractivity contribution >= 4 is 5.91 Å². The zero-order valence-corrected chi connectivity index (χ0v) is 20.9. The number of benzene rings is 3. The Kier molecular flexibility index (Phi) is 7.40. The third-order valence-corrected chi connectivity index (χ3v) is 8.07. The van der Waals surface area contributed by atoms with Crippen molar-refractivity contribution in [1.82, 2.24) is 10.2 Å². The molecule has 5 heteroatoms. The third kappa shape index (κ3) is 4.91. The average molecular weight is 485 g/mol. The number of carbonyl (C=O) groups is 1. The molecule has 0 aliphatic heterocycles. The highest BCUT2D eigenvalue weighted by atomic mass is 16.5. The fraction of sp³-hybridized carbons (Fsp3) is 0.387. The molecule has 188 valence electrons. The van der Waals surface area contributed by atoms with E-state index in [9.17, 15) is 9.90 Å². The van der Waals surface area contributed by atoms with E-state index in [1.807, 2.05) is 91.0 Å². The highest BCUT2D eigenvalue weighted by Crippen LogP contribution is 2.47. The van der Waals surface area contributed by atoms with Crippen molar-refractivity contribution in [1.29, 1.82) is 0 Å². The molecule has 5 nitrogen and oxygen atoms in total. The van der Waals surface area contributed by atoms with E-state index in [4.69, 9.17) is 4.74 Å². The number of aliphatic hydroxyl groups is 1. The van der Waals surface area contributed by atoms with E-state index in [1.54, 1.807) is 0 Å². The predicted molar refractivity (Wildman–Crippen MR) is 142 cm³/mol. The first kappa shape index (κ1) is 24.5. The van der Waals surface area contributed by atoms with Crippen LogP contribution in [0.3, 0.4) is 0 Å². The number of nitrogens with zero attached hydrogens (tertiary/aromatic N) is 1. The van der Waals surface area contributed by atoms with E-state index in [1.165, 1.54) is 6.42 Å². The molecule has 4 atom stereocenters. The SMILES string of the molecule is CN(CCCOc1ccccc1)C1C2CC[C@@H]1[C@H](NC(=O)C(O)(c1ccccc1)c1ccccc1)C2. The zero-order chi connectivity index (χ0) is 25.0. The molecule has 2 fully saturated rings. The van der Waals surface area contributed by atoms with Crippen LogP contribution < -0.4 is 10.1 Å². The molecule has 3 aromatic carbocycles. The summed E-state index contributed by atoms with van der Waals surface area (Å²) >= 11 is 0. The van der Waals surface area contributed by atoms with Crippen molar-refractivity contribution in [2.75, 3.05) is 20.2 Å². The summed E-state index contributed by atoms with van der Waals surface area (Å²) < 4.78 is 5.87. The van der Waals surface area contributed by atoms with Crippen LogP contribution in [0.1, 0.15) is 36.8 Å². The van der Waals surface area contributed by atoms with Crippen molar-refractivity contribution in [3.63, 3.8) is 0 Å². The lowest BCUT2D eigenvalue weighted by atomic mass is 9.84. The van der Waals surface area contributed by atoms with E-state index >= 15 is 0 Å². The normalized spacial score (nSPS) is 23.1. The molecule has 2 aliphatic rings. The largest absolute Gasteiger partial charge is 0.494 e. The number of ether oxygens (including phenoxy) is 1. The van der Waals surface area contributed by atoms with Crippen LogP contribution in [0.15, 0.2) is 91.0 Å². The summed E-state index contributed by atoms with van der Waals surface area (Å²) in [6.07, 6.45) is 4.24. The van der Waals surface area contributed by atoms with E-state index in [2.05, 4.69) is 17.3 Å². The summed E-state index contributed by atoms with van der Waals surface area (Å²) in [4.78, 5) is 16.2. The average Bonchev–Trinajstić information content (AvgIpc) is 3.50. The minimum atomic E-state index is -1.72. The number of hydrogen-bond donors (Lipinski definition) is 2. The van der Waals surface area contributed by atoms with E-state index < -0.39 is 5.60 Å². The van der Waals surface area contributed by atoms with Gasteiger partial charge in [0.15, 0.2) is 5.60 Å². The van der Waals surface area contributed by atoms with Crippen molar-refractivity contribution in [3.05, 3.63) is 102 Å². The summed E-state index contributed by atoms with van der Waals surface area (Å²) in [6, 6.07) is 29.0. The molecule has 2 bridgehead atoms. The summed E-state index contributed by atoms with van der Waals surface area (Å²) in [5, 5.41) is 15.1. The summed E-state index contributed by atoms with van der Waals surface area (Å²) in [7, 11) is 2.20. The first-order chi connectivity index (χ1) is 17.6. The van der Waals surface area contributed by atoms with Crippen molar-refractivity contribution in [2.24, 2.45) is 11.8 Å². The molecular formula is C31H36N2O3. The second-order valence-electron chi connectivity index (χ2n) is 10.2. The van der Waals surface area contributed by atoms with Crippen LogP contribution in [0.4, 0.5) is 0 Å². The lowest BCUT2D eigenvalue weighted by molar-refractivity contribution is -0.137. The number of rotatable bonds is 10. The van der Waals surface area contributed by atoms with Gasteiger partial charge in [0.05, 0.1) is 6.61 Å². The van der Waals surface area contributed by atoms with Gasteiger partial charge in [-0.3, -0.25) is 4.79 Å². The maximum absolute atomic E-state index is 13.7. The predicted octanol–water partition coefficient (Wildman–Crippen LogP) is 4.61. The molecule has 2 N–H and O–H groups in total. The molecule has 0 aromatic heterocycles. The molecule has 0 radical (unpaired) electrons. The molecular weight excluding hydrogens is 448 g/mol. The highest BCUT2D eigenvalue weighted by Gasteiger charge is 2.51. The van der Waals surface area contributed by atoms with Crippen LogP contribution in [-0.4, -0.2) is 48.2 Å². The number of carbonyl (C=O) groups excluding carboxylic acids is 1. The number of nitrogens with one attached hydrogen (secondary N) is 1. The van der Waals surface area contributed by atoms with Crippen molar-refractivity contribution in [3.8, 4) is 5.75 Å². The maximum atomic E-state index is 13.7. The monoisotopic (exact) mass is 484 g/mol. The van der Waals surface area contributed by atoms with Crippen LogP contribution in [0, 0.1) is 11.8 Å². The third-order valence-electron chi connectivity index (χ3n) is 8.07. The molecule has 36 heavy (non-hydrogen) atoms. The molecule has 3 aromatic rings. The summed E-state index contributed by atoms with van der Waals surface area (Å²) in [5.74, 6) is 1.54. The van der Waals surface area contributed by atoms with Crippen molar-refractivity contribution in [2.45, 2.75) is 43.4 Å². The van der Waals surface area contributed by atoms with Crippen LogP contribution in [0.5, 0.6) is 5.75 Å². The molecule has 2 unspecified atom stereocenters. The Labute approximate surface area is 214 Å². The van der Waals surface area contributed by atoms with Crippen molar-refractivity contribution < 1.29 is 14.6 Å². The van der Waals surface area contributed by atoms with Crippen LogP contribution in [0.2, 0.25) is 0 Å². The maximum Gasteiger partial charge on any atom is 0.261 e. The topological polar surface area (TPSA) is 61.8 Å². The molecule has 2 saturated carbocycles. The Morgan fingerprint density at radius 3 is 2.14 bits per heavy atom. The van der Waals surface area contributed by atoms with Gasteiger partial charge in [-0.2, -0.15) is 0 Å². The Hall–Kier alpha value is -3.15. The fourth-order valence-electron chi connectivity index (χ4n) is 6.38. The van der Waals surface area contributed by atoms with E-state index in [0.717, 1.165) is 31.6 Å². The lowest BCUT2D eigenvalue weighted by Gasteiger charge is -2.33. The molecule has 0 heterocycles. The van der Waals surface area contributed by atoms with Crippen LogP contribution in [0.25, 0.3) is 0 Å². The van der Waals surface area contributed by atoms with Gasteiger partial charge in [0.2, 0.25) is 0 Å². The highest BCUT2D eigenvalue weighted by molar-refractivity contribution is 5.90. The van der Waals surface area contributed by atoms with Gasteiger partial charge in [-0.05, 0) is 67.8 Å². The molecule has 1 amide bonds. The van der Waals surface area contributed by atoms with Gasteiger partial charge in [0.1, 0.15) is 5.75 Å². The molecule has 0 spiro atoms. The van der Waals surface area contributed by atoms with Gasteiger partial charge in [0, 0.05) is 18.6 Å². The molecule has 0 saturated heterocycles. The van der Waals surface area contributed by atoms with Gasteiger partial charge in [-0.15, -0.1) is 0 Å². The van der Waals surface area contributed by atoms with E-state index in [-0.39, 0.29) is 11.9 Å². The fourth-order valence-corrected chi connectivity index (χ4v) is 6.38. The van der Waals surface area contributed by atoms with Crippen LogP contribution >= 0.6 is 0 Å². The summed E-state index contributed by atoms with van der Waals surface area (Å²) in [6.45, 7) is 1.65. The zero-order valence-electron chi connectivity index (χ0n) is 20.9. The lowest BCUT2D eigenvalue weighted by Crippen LogP contribution is -2.51. The number of para-hydroxylation sites is 1. The second-order valence-corrected chi connectivity index (χ2v) is 10.2. The standard InChI is InChI=1S/C31H36N2O3/c1-33(20-11-21-36-26-16-9-4-10-17-26)29-23-18-19-27(29)28(22-23)32-30(34)31(35,24-12-5-2-6-13-24)25-14-7-3-8-15-25/h2-10,12-17,23,27-29,35H,11,18-22H2,1H3,(H,32,34)/t23?,27-,28-,29?/m1/s1. The van der Waals surface area contributed by atoms with Gasteiger partial charge in [-0.25, -0.2) is 0 Å². The molecule has 2 aliphatic carbocycles. The van der Waals surface area contributed by atoms with E-state index in [0.29, 0.717) is 35.6 Å². The Morgan fingerprint density at radius 2 is 1.53 bits per heavy atom. The second kappa shape index (κ2) is 10.9. The first-order valence-corrected chi connectivity index (χ1v) is 13.1. The Morgan fingerprint density at radius 1 is 0.944 bits per heavy atom. The minimum absolute atomic E-state index is 0.0724. The number of hydrogen-bond acceptors (Lipinski definition) is 4. The van der Waals surface area contributed by atoms with Gasteiger partial charge in [0.25, 0.3) is 5.91 Å². The first-order valence-electron chi connectivity index (χ1n) is 13.1. The van der Waals surface area contributed by atoms with Gasteiger partial charge in [-0.1, -0.05) is 78.9 Å². The van der Waals surface area contributed by atoms with Crippen LogP contribution in [-0.2, 0) is 10.4 Å². The Balaban J connectivity index is 1.23. The van der Waals surface area contributed by atoms with Gasteiger partial charge >= 0.3 is 0 Å². The number of fused-ring (bicyclic) bond motifs is 2. The molecule has 5 rings (SSSR count). The smallest absolute Gasteiger partial charge is 0.261 e.